The number of carboxylic acid groups (broad SMARTS) is 1. The maximum atomic E-state index is 14.3. The number of amides is 8. The van der Waals surface area contributed by atoms with Gasteiger partial charge in [-0.15, -0.1) is 0 Å². The van der Waals surface area contributed by atoms with E-state index in [9.17, 15) is 48.3 Å². The molecule has 0 aliphatic carbocycles. The molecule has 24 nitrogen and oxygen atoms in total. The van der Waals surface area contributed by atoms with Crippen LogP contribution in [0.2, 0.25) is 0 Å². The van der Waals surface area contributed by atoms with Crippen LogP contribution < -0.4 is 65.5 Å². The van der Waals surface area contributed by atoms with Gasteiger partial charge in [-0.05, 0) is 93.6 Å². The van der Waals surface area contributed by atoms with Crippen molar-refractivity contribution in [3.8, 4) is 0 Å². The van der Waals surface area contributed by atoms with Crippen LogP contribution in [0.4, 0.5) is 0 Å². The van der Waals surface area contributed by atoms with Crippen LogP contribution >= 0.6 is 0 Å². The van der Waals surface area contributed by atoms with Gasteiger partial charge in [-0.25, -0.2) is 0 Å². The number of amidine groups is 1. The molecule has 0 heterocycles. The highest BCUT2D eigenvalue weighted by Crippen LogP contribution is 2.14. The monoisotopic (exact) mass is 1040 g/mol. The number of carbonyl (C=O) groups excluding carboxylic acids is 8. The average Bonchev–Trinajstić information content (AvgIpc) is 3.30. The normalized spacial score (nSPS) is 14.0. The van der Waals surface area contributed by atoms with E-state index < -0.39 is 114 Å². The Bertz CT molecular complexity index is 2060. The van der Waals surface area contributed by atoms with Crippen LogP contribution in [-0.2, 0) is 49.7 Å². The van der Waals surface area contributed by atoms with Crippen molar-refractivity contribution in [2.75, 3.05) is 13.1 Å². The van der Waals surface area contributed by atoms with E-state index in [4.69, 9.17) is 28.3 Å². The molecular weight excluding hydrogens is 957 g/mol. The number of nitrogens with zero attached hydrogens (tertiary/aromatic N) is 1. The van der Waals surface area contributed by atoms with Crippen LogP contribution in [0.15, 0.2) is 29.3 Å². The molecule has 0 radical (unpaired) electrons. The molecule has 0 aliphatic rings. The first-order chi connectivity index (χ1) is 34.6. The molecule has 18 N–H and O–H groups in total. The third kappa shape index (κ3) is 26.2. The van der Waals surface area contributed by atoms with Crippen LogP contribution in [-0.4, -0.2) is 126 Å². The number of nitrogens with one attached hydrogen (secondary N) is 9. The van der Waals surface area contributed by atoms with E-state index in [1.165, 1.54) is 6.92 Å². The van der Waals surface area contributed by atoms with Gasteiger partial charge in [0, 0.05) is 32.0 Å². The van der Waals surface area contributed by atoms with E-state index in [0.717, 1.165) is 5.56 Å². The van der Waals surface area contributed by atoms with Crippen molar-refractivity contribution in [3.05, 3.63) is 35.4 Å². The van der Waals surface area contributed by atoms with Crippen molar-refractivity contribution in [1.82, 2.24) is 42.5 Å². The largest absolute Gasteiger partial charge is 0.481 e. The second kappa shape index (κ2) is 33.8. The van der Waals surface area contributed by atoms with Gasteiger partial charge in [-0.2, -0.15) is 0 Å². The molecular formula is C50H86N14O10. The minimum atomic E-state index is -1.50. The zero-order valence-electron chi connectivity index (χ0n) is 44.7. The summed E-state index contributed by atoms with van der Waals surface area (Å²) in [5.74, 6) is -7.98. The van der Waals surface area contributed by atoms with E-state index in [2.05, 4.69) is 47.5 Å². The Morgan fingerprint density at radius 3 is 1.41 bits per heavy atom. The Hall–Kier alpha value is -6.85. The standard InChI is InChI=1S/C50H86N14O10/c1-27(2)23-37(58-31(9)65)46(71)63-39(25-29(5)6)48(73)60-36(19-20-40(66)67)44(69)62-38(24-28(3)4)47(72)59-35(14-12-22-56-50(54)55)45(70)64-41(30(7)8)49(74)61-34(13-10-11-21-51)43(68)57-26-32-15-17-33(18-16-32)42(52)53/h15-18,27-30,34-39,41H,10-14,19-26,51H2,1-9H3,(H3,52,53)(H,57,68)(H,58,65)(H,59,72)(H,60,73)(H,61,74)(H,62,69)(H,63,71)(H,64,70)(H,66,67)(H4,54,55,56)/t34-,35-,36-,37-,38-,39-,41-/m0/s1. The number of aliphatic carboxylic acids is 1. The molecule has 1 rings (SSSR count). The highest BCUT2D eigenvalue weighted by molar-refractivity contribution is 5.98. The molecule has 0 fully saturated rings. The third-order valence-corrected chi connectivity index (χ3v) is 11.5. The lowest BCUT2D eigenvalue weighted by atomic mass is 9.99. The molecule has 24 heteroatoms. The number of hydrogen-bond donors (Lipinski definition) is 14. The van der Waals surface area contributed by atoms with E-state index >= 15 is 0 Å². The Morgan fingerprint density at radius 2 is 0.973 bits per heavy atom. The van der Waals surface area contributed by atoms with Gasteiger partial charge >= 0.3 is 5.97 Å². The maximum Gasteiger partial charge on any atom is 0.303 e. The molecule has 0 aromatic heterocycles. The van der Waals surface area contributed by atoms with Crippen molar-refractivity contribution < 1.29 is 48.3 Å². The molecule has 1 aromatic rings. The summed E-state index contributed by atoms with van der Waals surface area (Å²) >= 11 is 0. The highest BCUT2D eigenvalue weighted by atomic mass is 16.4. The van der Waals surface area contributed by atoms with Crippen LogP contribution in [0.1, 0.15) is 138 Å². The van der Waals surface area contributed by atoms with E-state index in [1.54, 1.807) is 52.0 Å². The summed E-state index contributed by atoms with van der Waals surface area (Å²) in [6.45, 7) is 16.1. The predicted molar refractivity (Wildman–Crippen MR) is 281 cm³/mol. The average molecular weight is 1040 g/mol. The number of nitrogens with two attached hydrogens (primary N) is 4. The number of hydrogen-bond acceptors (Lipinski definition) is 12. The van der Waals surface area contributed by atoms with Crippen LogP contribution in [0, 0.1) is 29.1 Å². The predicted octanol–water partition coefficient (Wildman–Crippen LogP) is -0.158. The fraction of sp³-hybridized carbons (Fsp3) is 0.660. The van der Waals surface area contributed by atoms with Gasteiger partial charge in [0.05, 0.1) is 0 Å². The van der Waals surface area contributed by atoms with Crippen LogP contribution in [0.25, 0.3) is 0 Å². The summed E-state index contributed by atoms with van der Waals surface area (Å²) in [5.41, 5.74) is 23.6. The van der Waals surface area contributed by atoms with Crippen molar-refractivity contribution >= 4 is 65.0 Å². The van der Waals surface area contributed by atoms with Gasteiger partial charge in [0.15, 0.2) is 5.96 Å². The molecule has 0 bridgehead atoms. The van der Waals surface area contributed by atoms with Crippen molar-refractivity contribution in [2.24, 2.45) is 51.6 Å². The Morgan fingerprint density at radius 1 is 0.554 bits per heavy atom. The summed E-state index contributed by atoms with van der Waals surface area (Å²) in [7, 11) is 0. The number of nitrogen functional groups attached to an aromatic ring is 1. The van der Waals surface area contributed by atoms with Gasteiger partial charge < -0.3 is 70.6 Å². The maximum absolute atomic E-state index is 14.3. The number of benzene rings is 1. The number of unbranched alkanes of at least 4 members (excludes halogenated alkanes) is 1. The van der Waals surface area contributed by atoms with Crippen molar-refractivity contribution in [2.45, 2.75) is 175 Å². The minimum Gasteiger partial charge on any atom is -0.481 e. The first-order valence-electron chi connectivity index (χ1n) is 25.4. The molecule has 7 atom stereocenters. The molecule has 8 amide bonds. The van der Waals surface area contributed by atoms with E-state index in [1.807, 2.05) is 27.7 Å². The molecule has 0 saturated carbocycles. The SMILES string of the molecule is CC(=O)N[C@@H](CC(C)C)C(=O)N[C@@H](CC(C)C)C(=O)N[C@@H](CCC(=O)O)C(=O)N[C@@H](CC(C)C)C(=O)N[C@@H](CCCN=C(N)N)C(=O)N[C@H](C(=O)N[C@@H](CCCCN)C(=O)NCc1ccc(C(=N)N)cc1)C(C)C. The molecule has 0 spiro atoms. The van der Waals surface area contributed by atoms with Gasteiger partial charge in [-0.3, -0.25) is 53.6 Å². The van der Waals surface area contributed by atoms with Crippen LogP contribution in [0.3, 0.4) is 0 Å². The fourth-order valence-electron chi connectivity index (χ4n) is 7.68. The van der Waals surface area contributed by atoms with E-state index in [-0.39, 0.29) is 81.2 Å². The number of rotatable bonds is 35. The van der Waals surface area contributed by atoms with Gasteiger partial charge in [0.25, 0.3) is 0 Å². The zero-order chi connectivity index (χ0) is 56.2. The number of aliphatic imine (C=N–C) groups is 1. The zero-order valence-corrected chi connectivity index (χ0v) is 44.7. The Balaban J connectivity index is 3.49. The summed E-state index contributed by atoms with van der Waals surface area (Å²) in [6, 6.07) is -1.80. The number of carboxylic acids is 1. The summed E-state index contributed by atoms with van der Waals surface area (Å²) < 4.78 is 0. The second-order valence-corrected chi connectivity index (χ2v) is 20.2. The lowest BCUT2D eigenvalue weighted by molar-refractivity contribution is -0.139. The number of carbonyl (C=O) groups is 9. The molecule has 1 aromatic carbocycles. The first-order valence-corrected chi connectivity index (χ1v) is 25.4. The fourth-order valence-corrected chi connectivity index (χ4v) is 7.68. The van der Waals surface area contributed by atoms with Crippen molar-refractivity contribution in [1.29, 1.82) is 5.41 Å². The molecule has 416 valence electrons. The van der Waals surface area contributed by atoms with Crippen molar-refractivity contribution in [3.63, 3.8) is 0 Å². The lowest BCUT2D eigenvalue weighted by Gasteiger charge is -2.29. The lowest BCUT2D eigenvalue weighted by Crippen LogP contribution is -2.60. The Kier molecular flexibility index (Phi) is 29.8. The summed E-state index contributed by atoms with van der Waals surface area (Å²) in [5, 5.41) is 38.8. The smallest absolute Gasteiger partial charge is 0.303 e. The van der Waals surface area contributed by atoms with Gasteiger partial charge in [0.1, 0.15) is 48.1 Å². The van der Waals surface area contributed by atoms with Gasteiger partial charge in [0.2, 0.25) is 47.3 Å². The molecule has 0 saturated heterocycles. The summed E-state index contributed by atoms with van der Waals surface area (Å²) in [4.78, 5) is 125. The van der Waals surface area contributed by atoms with E-state index in [0.29, 0.717) is 24.9 Å². The minimum absolute atomic E-state index is 0.00167. The van der Waals surface area contributed by atoms with Gasteiger partial charge in [-0.1, -0.05) is 79.7 Å². The Labute approximate surface area is 435 Å². The number of guanidine groups is 1. The topological polar surface area (TPSA) is 410 Å². The summed E-state index contributed by atoms with van der Waals surface area (Å²) in [6.07, 6.45) is 0.920. The van der Waals surface area contributed by atoms with Crippen LogP contribution in [0.5, 0.6) is 0 Å². The first kappa shape index (κ1) is 65.2. The second-order valence-electron chi connectivity index (χ2n) is 20.2. The highest BCUT2D eigenvalue weighted by Gasteiger charge is 2.35. The molecule has 0 unspecified atom stereocenters. The molecule has 74 heavy (non-hydrogen) atoms. The third-order valence-electron chi connectivity index (χ3n) is 11.5. The quantitative estimate of drug-likeness (QED) is 0.0239. The molecule has 0 aliphatic heterocycles.